The highest BCUT2D eigenvalue weighted by Crippen LogP contribution is 2.38. The molecule has 1 aliphatic rings. The third-order valence-corrected chi connectivity index (χ3v) is 5.17. The lowest BCUT2D eigenvalue weighted by atomic mass is 9.77. The second-order valence-electron chi connectivity index (χ2n) is 6.05. The summed E-state index contributed by atoms with van der Waals surface area (Å²) < 4.78 is 43.8. The van der Waals surface area contributed by atoms with Gasteiger partial charge in [0.1, 0.15) is 10.7 Å². The minimum absolute atomic E-state index is 0.223. The molecule has 130 valence electrons. The standard InChI is InChI=1S/C16H13F3N4OS/c17-16(18,19)10-4-1-3-9(7-10)13-21-11(8-25-13)12-22-14(23-24-12)15(20)5-2-6-15/h1,3-4,7-8H,2,5-6,20H2. The number of rotatable bonds is 3. The van der Waals surface area contributed by atoms with Gasteiger partial charge in [-0.05, 0) is 31.4 Å². The Morgan fingerprint density at radius 2 is 2.00 bits per heavy atom. The zero-order chi connectivity index (χ0) is 17.7. The Labute approximate surface area is 144 Å². The molecule has 2 aromatic heterocycles. The van der Waals surface area contributed by atoms with Crippen molar-refractivity contribution >= 4 is 11.3 Å². The second kappa shape index (κ2) is 5.63. The summed E-state index contributed by atoms with van der Waals surface area (Å²) in [5.74, 6) is 0.670. The predicted molar refractivity (Wildman–Crippen MR) is 85.6 cm³/mol. The fraction of sp³-hybridized carbons (Fsp3) is 0.312. The molecule has 0 radical (unpaired) electrons. The van der Waals surface area contributed by atoms with Crippen LogP contribution in [0.2, 0.25) is 0 Å². The highest BCUT2D eigenvalue weighted by molar-refractivity contribution is 7.13. The van der Waals surface area contributed by atoms with E-state index < -0.39 is 17.3 Å². The van der Waals surface area contributed by atoms with E-state index in [4.69, 9.17) is 10.3 Å². The quantitative estimate of drug-likeness (QED) is 0.751. The first-order chi connectivity index (χ1) is 11.9. The zero-order valence-corrected chi connectivity index (χ0v) is 13.7. The Balaban J connectivity index is 1.63. The van der Waals surface area contributed by atoms with Crippen molar-refractivity contribution in [2.24, 2.45) is 5.73 Å². The molecule has 0 aliphatic heterocycles. The van der Waals surface area contributed by atoms with E-state index in [1.54, 1.807) is 11.4 Å². The molecule has 4 rings (SSSR count). The van der Waals surface area contributed by atoms with Crippen molar-refractivity contribution in [3.8, 4) is 22.2 Å². The van der Waals surface area contributed by atoms with E-state index in [-0.39, 0.29) is 5.89 Å². The van der Waals surface area contributed by atoms with Gasteiger partial charge in [0.15, 0.2) is 5.82 Å². The second-order valence-corrected chi connectivity index (χ2v) is 6.91. The molecule has 0 atom stereocenters. The van der Waals surface area contributed by atoms with Gasteiger partial charge in [0.2, 0.25) is 0 Å². The summed E-state index contributed by atoms with van der Waals surface area (Å²) in [6.07, 6.45) is -1.76. The number of nitrogens with two attached hydrogens (primary N) is 1. The number of halogens is 3. The number of alkyl halides is 3. The lowest BCUT2D eigenvalue weighted by Crippen LogP contribution is -2.44. The molecule has 25 heavy (non-hydrogen) atoms. The Hall–Kier alpha value is -2.26. The molecule has 2 heterocycles. The molecule has 0 amide bonds. The molecule has 0 spiro atoms. The minimum atomic E-state index is -4.39. The number of benzene rings is 1. The van der Waals surface area contributed by atoms with Crippen LogP contribution in [0.5, 0.6) is 0 Å². The van der Waals surface area contributed by atoms with Crippen LogP contribution in [0, 0.1) is 0 Å². The van der Waals surface area contributed by atoms with Gasteiger partial charge in [-0.1, -0.05) is 17.3 Å². The average molecular weight is 366 g/mol. The first-order valence-electron chi connectivity index (χ1n) is 7.62. The third kappa shape index (κ3) is 2.93. The third-order valence-electron chi connectivity index (χ3n) is 4.28. The van der Waals surface area contributed by atoms with E-state index in [0.717, 1.165) is 31.4 Å². The van der Waals surface area contributed by atoms with Crippen molar-refractivity contribution < 1.29 is 17.7 Å². The van der Waals surface area contributed by atoms with Crippen LogP contribution in [0.25, 0.3) is 22.2 Å². The number of aromatic nitrogens is 3. The van der Waals surface area contributed by atoms with Crippen LogP contribution in [0.3, 0.4) is 0 Å². The number of nitrogens with zero attached hydrogens (tertiary/aromatic N) is 3. The molecule has 9 heteroatoms. The van der Waals surface area contributed by atoms with Crippen LogP contribution in [0.1, 0.15) is 30.7 Å². The molecule has 0 unspecified atom stereocenters. The smallest absolute Gasteiger partial charge is 0.332 e. The summed E-state index contributed by atoms with van der Waals surface area (Å²) in [6, 6.07) is 5.05. The fourth-order valence-corrected chi connectivity index (χ4v) is 3.44. The van der Waals surface area contributed by atoms with Gasteiger partial charge in [-0.15, -0.1) is 11.3 Å². The minimum Gasteiger partial charge on any atom is -0.332 e. The maximum absolute atomic E-state index is 12.8. The van der Waals surface area contributed by atoms with Crippen molar-refractivity contribution in [1.29, 1.82) is 0 Å². The van der Waals surface area contributed by atoms with E-state index in [1.165, 1.54) is 17.4 Å². The van der Waals surface area contributed by atoms with E-state index in [9.17, 15) is 13.2 Å². The van der Waals surface area contributed by atoms with Crippen molar-refractivity contribution in [2.75, 3.05) is 0 Å². The highest BCUT2D eigenvalue weighted by Gasteiger charge is 2.39. The van der Waals surface area contributed by atoms with Gasteiger partial charge in [0.05, 0.1) is 11.1 Å². The van der Waals surface area contributed by atoms with Gasteiger partial charge in [-0.25, -0.2) is 4.98 Å². The molecule has 1 saturated carbocycles. The average Bonchev–Trinajstić information content (AvgIpc) is 3.21. The Kier molecular flexibility index (Phi) is 3.66. The molecule has 2 N–H and O–H groups in total. The molecule has 3 aromatic rings. The maximum atomic E-state index is 12.8. The van der Waals surface area contributed by atoms with E-state index >= 15 is 0 Å². The number of thiazole rings is 1. The van der Waals surface area contributed by atoms with Gasteiger partial charge >= 0.3 is 6.18 Å². The number of hydrogen-bond donors (Lipinski definition) is 1. The Morgan fingerprint density at radius 3 is 2.68 bits per heavy atom. The van der Waals surface area contributed by atoms with E-state index in [1.807, 2.05) is 0 Å². The van der Waals surface area contributed by atoms with Crippen LogP contribution < -0.4 is 5.73 Å². The fourth-order valence-electron chi connectivity index (χ4n) is 2.64. The molecule has 0 bridgehead atoms. The summed E-state index contributed by atoms with van der Waals surface area (Å²) in [7, 11) is 0. The van der Waals surface area contributed by atoms with Crippen molar-refractivity contribution in [3.63, 3.8) is 0 Å². The topological polar surface area (TPSA) is 77.8 Å². The van der Waals surface area contributed by atoms with E-state index in [0.29, 0.717) is 22.1 Å². The normalized spacial score (nSPS) is 16.6. The molecule has 1 aromatic carbocycles. The monoisotopic (exact) mass is 366 g/mol. The van der Waals surface area contributed by atoms with Crippen molar-refractivity contribution in [1.82, 2.24) is 15.1 Å². The summed E-state index contributed by atoms with van der Waals surface area (Å²) in [5.41, 5.74) is 5.73. The summed E-state index contributed by atoms with van der Waals surface area (Å²) in [4.78, 5) is 8.63. The highest BCUT2D eigenvalue weighted by atomic mass is 32.1. The van der Waals surface area contributed by atoms with Gasteiger partial charge in [-0.3, -0.25) is 0 Å². The molecule has 1 aliphatic carbocycles. The predicted octanol–water partition coefficient (Wildman–Crippen LogP) is 4.22. The summed E-state index contributed by atoms with van der Waals surface area (Å²) in [6.45, 7) is 0. The Morgan fingerprint density at radius 1 is 1.20 bits per heavy atom. The lowest BCUT2D eigenvalue weighted by Gasteiger charge is -2.34. The van der Waals surface area contributed by atoms with Crippen molar-refractivity contribution in [2.45, 2.75) is 31.0 Å². The van der Waals surface area contributed by atoms with Crippen molar-refractivity contribution in [3.05, 3.63) is 41.0 Å². The maximum Gasteiger partial charge on any atom is 0.416 e. The Bertz CT molecular complexity index is 914. The van der Waals surface area contributed by atoms with Gasteiger partial charge in [0, 0.05) is 10.9 Å². The first kappa shape index (κ1) is 16.2. The van der Waals surface area contributed by atoms with Gasteiger partial charge in [-0.2, -0.15) is 18.2 Å². The molecular formula is C16H13F3N4OS. The molecule has 1 fully saturated rings. The largest absolute Gasteiger partial charge is 0.416 e. The zero-order valence-electron chi connectivity index (χ0n) is 12.9. The van der Waals surface area contributed by atoms with E-state index in [2.05, 4.69) is 15.1 Å². The van der Waals surface area contributed by atoms with Crippen LogP contribution in [0.4, 0.5) is 13.2 Å². The summed E-state index contributed by atoms with van der Waals surface area (Å²) in [5, 5.41) is 6.05. The van der Waals surface area contributed by atoms with Crippen LogP contribution in [-0.4, -0.2) is 15.1 Å². The number of hydrogen-bond acceptors (Lipinski definition) is 6. The first-order valence-corrected chi connectivity index (χ1v) is 8.50. The van der Waals surface area contributed by atoms with Gasteiger partial charge < -0.3 is 10.3 Å². The van der Waals surface area contributed by atoms with Gasteiger partial charge in [0.25, 0.3) is 5.89 Å². The summed E-state index contributed by atoms with van der Waals surface area (Å²) >= 11 is 1.22. The molecule has 5 nitrogen and oxygen atoms in total. The van der Waals surface area contributed by atoms with Crippen LogP contribution >= 0.6 is 11.3 Å². The molecule has 0 saturated heterocycles. The molecular weight excluding hydrogens is 353 g/mol. The SMILES string of the molecule is NC1(c2noc(-c3csc(-c4cccc(C(F)(F)F)c4)n3)n2)CCC1. The van der Waals surface area contributed by atoms with Crippen LogP contribution in [-0.2, 0) is 11.7 Å². The lowest BCUT2D eigenvalue weighted by molar-refractivity contribution is -0.137. The van der Waals surface area contributed by atoms with Crippen LogP contribution in [0.15, 0.2) is 34.2 Å².